The zero-order valence-corrected chi connectivity index (χ0v) is 18.9. The van der Waals surface area contributed by atoms with Gasteiger partial charge in [0.15, 0.2) is 5.75 Å². The van der Waals surface area contributed by atoms with Crippen LogP contribution in [-0.4, -0.2) is 37.4 Å². The van der Waals surface area contributed by atoms with Crippen molar-refractivity contribution >= 4 is 15.7 Å². The Morgan fingerprint density at radius 1 is 1.03 bits per heavy atom. The van der Waals surface area contributed by atoms with Gasteiger partial charge in [0.05, 0.1) is 12.7 Å². The molecule has 2 heterocycles. The zero-order valence-electron chi connectivity index (χ0n) is 18.1. The summed E-state index contributed by atoms with van der Waals surface area (Å²) in [7, 11) is -3.82. The van der Waals surface area contributed by atoms with Crippen LogP contribution >= 0.6 is 0 Å². The van der Waals surface area contributed by atoms with E-state index >= 15 is 0 Å². The van der Waals surface area contributed by atoms with Gasteiger partial charge in [-0.15, -0.1) is 0 Å². The first-order valence-electron chi connectivity index (χ1n) is 9.74. The molecule has 15 heteroatoms. The number of hydrogen-bond donors (Lipinski definition) is 1. The van der Waals surface area contributed by atoms with Gasteiger partial charge >= 0.3 is 12.4 Å². The number of benzene rings is 1. The van der Waals surface area contributed by atoms with Crippen LogP contribution in [0.4, 0.5) is 36.4 Å². The lowest BCUT2D eigenvalue weighted by Crippen LogP contribution is -2.28. The summed E-state index contributed by atoms with van der Waals surface area (Å²) in [5.41, 5.74) is -1.80. The average Bonchev–Trinajstić information content (AvgIpc) is 2.76. The molecule has 3 aromatic rings. The van der Waals surface area contributed by atoms with Crippen LogP contribution in [0, 0.1) is 5.82 Å². The van der Waals surface area contributed by atoms with Gasteiger partial charge in [0.25, 0.3) is 0 Å². The second kappa shape index (κ2) is 10.2. The van der Waals surface area contributed by atoms with Crippen LogP contribution in [0.5, 0.6) is 11.8 Å². The minimum absolute atomic E-state index is 0.150. The molecular formula is C21H16F7N3O4S. The fourth-order valence-corrected chi connectivity index (χ4v) is 3.92. The smallest absolute Gasteiger partial charge is 0.416 e. The van der Waals surface area contributed by atoms with Crippen LogP contribution in [0.1, 0.15) is 11.1 Å². The van der Waals surface area contributed by atoms with Crippen molar-refractivity contribution in [2.75, 3.05) is 17.6 Å². The molecule has 194 valence electrons. The lowest BCUT2D eigenvalue weighted by Gasteiger charge is -2.14. The van der Waals surface area contributed by atoms with E-state index in [1.807, 2.05) is 0 Å². The molecule has 0 unspecified atom stereocenters. The van der Waals surface area contributed by atoms with Crippen molar-refractivity contribution in [1.82, 2.24) is 9.97 Å². The number of nitrogens with zero attached hydrogens (tertiary/aromatic N) is 2. The summed E-state index contributed by atoms with van der Waals surface area (Å²) in [6.07, 6.45) is -8.55. The Bertz CT molecular complexity index is 1350. The van der Waals surface area contributed by atoms with Gasteiger partial charge in [-0.05, 0) is 29.8 Å². The van der Waals surface area contributed by atoms with Gasteiger partial charge in [0.2, 0.25) is 21.8 Å². The molecule has 1 aromatic carbocycles. The van der Waals surface area contributed by atoms with E-state index in [0.717, 1.165) is 43.6 Å². The number of alkyl halides is 6. The molecule has 1 N–H and O–H groups in total. The fraction of sp³-hybridized carbons (Fsp3) is 0.238. The van der Waals surface area contributed by atoms with Crippen molar-refractivity contribution in [3.05, 3.63) is 65.6 Å². The number of hydrogen-bond acceptors (Lipinski definition) is 6. The summed E-state index contributed by atoms with van der Waals surface area (Å²) in [5, 5.41) is 0. The molecule has 0 saturated carbocycles. The van der Waals surface area contributed by atoms with Crippen LogP contribution < -0.4 is 14.2 Å². The Morgan fingerprint density at radius 2 is 1.75 bits per heavy atom. The maximum atomic E-state index is 14.5. The Hall–Kier alpha value is -3.62. The minimum atomic E-state index is -5.02. The average molecular weight is 539 g/mol. The number of halogens is 7. The van der Waals surface area contributed by atoms with Gasteiger partial charge in [-0.3, -0.25) is 4.72 Å². The van der Waals surface area contributed by atoms with E-state index in [-0.39, 0.29) is 29.5 Å². The van der Waals surface area contributed by atoms with Crippen LogP contribution in [0.15, 0.2) is 48.7 Å². The Kier molecular flexibility index (Phi) is 7.62. The standard InChI is InChI=1S/C21H16F7N3O4S/c1-34-19-16(31-36(32,33)11-20(23,24)25)8-13(9-29-19)18-15(22)5-6-17(30-18)35-10-12-3-2-4-14(7-12)21(26,27)28/h2-9,31H,10-11H2,1H3. The van der Waals surface area contributed by atoms with Crippen LogP contribution in [0.2, 0.25) is 0 Å². The largest absolute Gasteiger partial charge is 0.480 e. The monoisotopic (exact) mass is 539 g/mol. The van der Waals surface area contributed by atoms with E-state index in [0.29, 0.717) is 0 Å². The molecule has 0 radical (unpaired) electrons. The zero-order chi connectivity index (χ0) is 26.7. The molecule has 0 atom stereocenters. The van der Waals surface area contributed by atoms with E-state index in [9.17, 15) is 39.2 Å². The van der Waals surface area contributed by atoms with E-state index in [1.54, 1.807) is 4.72 Å². The molecule has 36 heavy (non-hydrogen) atoms. The third kappa shape index (κ3) is 7.19. The molecule has 0 aliphatic rings. The summed E-state index contributed by atoms with van der Waals surface area (Å²) < 4.78 is 126. The lowest BCUT2D eigenvalue weighted by atomic mass is 10.1. The van der Waals surface area contributed by atoms with Crippen LogP contribution in [0.25, 0.3) is 11.3 Å². The molecule has 0 spiro atoms. The first-order valence-corrected chi connectivity index (χ1v) is 11.4. The van der Waals surface area contributed by atoms with Gasteiger partial charge in [0.1, 0.15) is 23.8 Å². The van der Waals surface area contributed by atoms with E-state index in [2.05, 4.69) is 9.97 Å². The molecule has 2 aromatic heterocycles. The van der Waals surface area contributed by atoms with Crippen LogP contribution in [-0.2, 0) is 22.8 Å². The molecule has 0 bridgehead atoms. The molecule has 0 aliphatic carbocycles. The fourth-order valence-electron chi connectivity index (χ4n) is 2.94. The highest BCUT2D eigenvalue weighted by molar-refractivity contribution is 7.92. The number of sulfonamides is 1. The van der Waals surface area contributed by atoms with Crippen molar-refractivity contribution in [2.24, 2.45) is 0 Å². The molecule has 0 saturated heterocycles. The van der Waals surface area contributed by atoms with Crippen LogP contribution in [0.3, 0.4) is 0 Å². The number of pyridine rings is 2. The minimum Gasteiger partial charge on any atom is -0.480 e. The number of ether oxygens (including phenoxy) is 2. The van der Waals surface area contributed by atoms with Crippen molar-refractivity contribution in [3.63, 3.8) is 0 Å². The quantitative estimate of drug-likeness (QED) is 0.396. The van der Waals surface area contributed by atoms with E-state index in [1.165, 1.54) is 12.1 Å². The van der Waals surface area contributed by atoms with Gasteiger partial charge in [-0.25, -0.2) is 22.8 Å². The highest BCUT2D eigenvalue weighted by atomic mass is 32.2. The summed E-state index contributed by atoms with van der Waals surface area (Å²) in [5.74, 6) is -3.68. The van der Waals surface area contributed by atoms with E-state index in [4.69, 9.17) is 9.47 Å². The SMILES string of the molecule is COc1ncc(-c2nc(OCc3cccc(C(F)(F)F)c3)ccc2F)cc1NS(=O)(=O)CC(F)(F)F. The third-order valence-corrected chi connectivity index (χ3v) is 5.64. The number of nitrogens with one attached hydrogen (secondary N) is 1. The molecule has 3 rings (SSSR count). The molecule has 0 aliphatic heterocycles. The summed E-state index contributed by atoms with van der Waals surface area (Å²) >= 11 is 0. The van der Waals surface area contributed by atoms with Gasteiger partial charge in [-0.2, -0.15) is 26.3 Å². The maximum Gasteiger partial charge on any atom is 0.416 e. The molecule has 0 amide bonds. The second-order valence-corrected chi connectivity index (χ2v) is 8.95. The normalized spacial score (nSPS) is 12.3. The Balaban J connectivity index is 1.87. The van der Waals surface area contributed by atoms with Crippen molar-refractivity contribution in [1.29, 1.82) is 0 Å². The first kappa shape index (κ1) is 27.0. The van der Waals surface area contributed by atoms with Crippen molar-refractivity contribution < 1.29 is 48.6 Å². The Labute approximate surface area is 200 Å². The number of aromatic nitrogens is 2. The number of methoxy groups -OCH3 is 1. The first-order chi connectivity index (χ1) is 16.7. The number of anilines is 1. The molecule has 7 nitrogen and oxygen atoms in total. The molecule has 0 fully saturated rings. The van der Waals surface area contributed by atoms with Crippen molar-refractivity contribution in [2.45, 2.75) is 19.0 Å². The van der Waals surface area contributed by atoms with Gasteiger partial charge in [-0.1, -0.05) is 12.1 Å². The lowest BCUT2D eigenvalue weighted by molar-refractivity contribution is -0.137. The summed E-state index contributed by atoms with van der Waals surface area (Å²) in [4.78, 5) is 7.69. The van der Waals surface area contributed by atoms with Gasteiger partial charge in [0, 0.05) is 17.8 Å². The highest BCUT2D eigenvalue weighted by Gasteiger charge is 2.35. The summed E-state index contributed by atoms with van der Waals surface area (Å²) in [6, 6.07) is 7.33. The number of rotatable bonds is 8. The van der Waals surface area contributed by atoms with Gasteiger partial charge < -0.3 is 9.47 Å². The predicted molar refractivity (Wildman–Crippen MR) is 113 cm³/mol. The maximum absolute atomic E-state index is 14.5. The second-order valence-electron chi connectivity index (χ2n) is 7.22. The Morgan fingerprint density at radius 3 is 2.39 bits per heavy atom. The highest BCUT2D eigenvalue weighted by Crippen LogP contribution is 2.32. The predicted octanol–water partition coefficient (Wildman–Crippen LogP) is 5.19. The van der Waals surface area contributed by atoms with E-state index < -0.39 is 50.9 Å². The molecular weight excluding hydrogens is 523 g/mol. The summed E-state index contributed by atoms with van der Waals surface area (Å²) in [6.45, 7) is -0.342. The van der Waals surface area contributed by atoms with Crippen molar-refractivity contribution in [3.8, 4) is 23.0 Å². The topological polar surface area (TPSA) is 90.4 Å². The third-order valence-electron chi connectivity index (χ3n) is 4.40.